The molecule has 0 spiro atoms. The molecule has 1 aromatic rings. The Morgan fingerprint density at radius 2 is 2.27 bits per heavy atom. The highest BCUT2D eigenvalue weighted by molar-refractivity contribution is 5.45. The SMILES string of the molecule is Fc1cccc(NCC2CCCN2)c1F. The average molecular weight is 212 g/mol. The molecular formula is C11H14F2N2. The first-order valence-corrected chi connectivity index (χ1v) is 5.18. The van der Waals surface area contributed by atoms with Gasteiger partial charge in [0.1, 0.15) is 0 Å². The molecule has 1 aliphatic rings. The second kappa shape index (κ2) is 4.57. The summed E-state index contributed by atoms with van der Waals surface area (Å²) in [7, 11) is 0. The topological polar surface area (TPSA) is 24.1 Å². The second-order valence-corrected chi connectivity index (χ2v) is 3.78. The third kappa shape index (κ3) is 2.45. The van der Waals surface area contributed by atoms with Gasteiger partial charge in [0.2, 0.25) is 0 Å². The third-order valence-electron chi connectivity index (χ3n) is 2.65. The van der Waals surface area contributed by atoms with Gasteiger partial charge in [0, 0.05) is 12.6 Å². The van der Waals surface area contributed by atoms with Crippen molar-refractivity contribution in [1.82, 2.24) is 5.32 Å². The summed E-state index contributed by atoms with van der Waals surface area (Å²) in [5, 5.41) is 6.20. The largest absolute Gasteiger partial charge is 0.381 e. The van der Waals surface area contributed by atoms with Gasteiger partial charge in [-0.1, -0.05) is 6.07 Å². The zero-order valence-electron chi connectivity index (χ0n) is 8.39. The predicted octanol–water partition coefficient (Wildman–Crippen LogP) is 2.13. The number of halogens is 2. The van der Waals surface area contributed by atoms with Crippen molar-refractivity contribution in [2.24, 2.45) is 0 Å². The Labute approximate surface area is 87.7 Å². The van der Waals surface area contributed by atoms with Crippen LogP contribution in [0.1, 0.15) is 12.8 Å². The average Bonchev–Trinajstić information content (AvgIpc) is 2.73. The van der Waals surface area contributed by atoms with Crippen molar-refractivity contribution in [2.75, 3.05) is 18.4 Å². The van der Waals surface area contributed by atoms with Crippen LogP contribution in [-0.2, 0) is 0 Å². The van der Waals surface area contributed by atoms with E-state index in [1.54, 1.807) is 6.07 Å². The van der Waals surface area contributed by atoms with E-state index in [2.05, 4.69) is 10.6 Å². The fourth-order valence-electron chi connectivity index (χ4n) is 1.80. The molecule has 82 valence electrons. The van der Waals surface area contributed by atoms with Crippen LogP contribution in [0.4, 0.5) is 14.5 Å². The van der Waals surface area contributed by atoms with Crippen LogP contribution in [0.2, 0.25) is 0 Å². The van der Waals surface area contributed by atoms with Gasteiger partial charge in [-0.15, -0.1) is 0 Å². The maximum Gasteiger partial charge on any atom is 0.181 e. The highest BCUT2D eigenvalue weighted by atomic mass is 19.2. The molecular weight excluding hydrogens is 198 g/mol. The van der Waals surface area contributed by atoms with Crippen LogP contribution >= 0.6 is 0 Å². The lowest BCUT2D eigenvalue weighted by atomic mass is 10.2. The van der Waals surface area contributed by atoms with Crippen LogP contribution in [0.3, 0.4) is 0 Å². The maximum absolute atomic E-state index is 13.2. The summed E-state index contributed by atoms with van der Waals surface area (Å²) in [5.74, 6) is -1.60. The Bertz CT molecular complexity index is 335. The Balaban J connectivity index is 1.95. The minimum atomic E-state index is -0.806. The fourth-order valence-corrected chi connectivity index (χ4v) is 1.80. The molecule has 1 aromatic carbocycles. The first kappa shape index (κ1) is 10.4. The van der Waals surface area contributed by atoms with Crippen molar-refractivity contribution in [2.45, 2.75) is 18.9 Å². The minimum Gasteiger partial charge on any atom is -0.381 e. The van der Waals surface area contributed by atoms with Gasteiger partial charge in [0.15, 0.2) is 11.6 Å². The molecule has 0 radical (unpaired) electrons. The molecule has 0 aliphatic carbocycles. The number of benzene rings is 1. The molecule has 1 heterocycles. The Morgan fingerprint density at radius 1 is 1.40 bits per heavy atom. The second-order valence-electron chi connectivity index (χ2n) is 3.78. The van der Waals surface area contributed by atoms with Crippen LogP contribution in [0.5, 0.6) is 0 Å². The molecule has 2 rings (SSSR count). The summed E-state index contributed by atoms with van der Waals surface area (Å²) in [6.07, 6.45) is 2.24. The van der Waals surface area contributed by atoms with Crippen molar-refractivity contribution in [3.63, 3.8) is 0 Å². The zero-order chi connectivity index (χ0) is 10.7. The summed E-state index contributed by atoms with van der Waals surface area (Å²) < 4.78 is 26.1. The van der Waals surface area contributed by atoms with Gasteiger partial charge in [-0.25, -0.2) is 8.78 Å². The van der Waals surface area contributed by atoms with Gasteiger partial charge in [-0.2, -0.15) is 0 Å². The van der Waals surface area contributed by atoms with Crippen molar-refractivity contribution in [1.29, 1.82) is 0 Å². The summed E-state index contributed by atoms with van der Waals surface area (Å²) in [5.41, 5.74) is 0.240. The molecule has 1 fully saturated rings. The monoisotopic (exact) mass is 212 g/mol. The molecule has 0 saturated carbocycles. The summed E-state index contributed by atoms with van der Waals surface area (Å²) in [6, 6.07) is 4.54. The van der Waals surface area contributed by atoms with E-state index in [1.807, 2.05) is 0 Å². The number of anilines is 1. The van der Waals surface area contributed by atoms with Crippen molar-refractivity contribution < 1.29 is 8.78 Å². The van der Waals surface area contributed by atoms with Crippen molar-refractivity contribution in [3.05, 3.63) is 29.8 Å². The number of hydrogen-bond acceptors (Lipinski definition) is 2. The molecule has 15 heavy (non-hydrogen) atoms. The molecule has 2 nitrogen and oxygen atoms in total. The predicted molar refractivity (Wildman–Crippen MR) is 55.9 cm³/mol. The van der Waals surface area contributed by atoms with E-state index in [0.29, 0.717) is 12.6 Å². The molecule has 0 aromatic heterocycles. The van der Waals surface area contributed by atoms with Gasteiger partial charge in [0.25, 0.3) is 0 Å². The van der Waals surface area contributed by atoms with E-state index >= 15 is 0 Å². The lowest BCUT2D eigenvalue weighted by Gasteiger charge is -2.13. The lowest BCUT2D eigenvalue weighted by molar-refractivity contribution is 0.510. The van der Waals surface area contributed by atoms with Gasteiger partial charge >= 0.3 is 0 Å². The highest BCUT2D eigenvalue weighted by Crippen LogP contribution is 2.17. The number of nitrogens with one attached hydrogen (secondary N) is 2. The van der Waals surface area contributed by atoms with E-state index < -0.39 is 11.6 Å². The Morgan fingerprint density at radius 3 is 3.00 bits per heavy atom. The molecule has 0 amide bonds. The van der Waals surface area contributed by atoms with E-state index in [0.717, 1.165) is 25.5 Å². The first-order chi connectivity index (χ1) is 7.27. The van der Waals surface area contributed by atoms with E-state index in [4.69, 9.17) is 0 Å². The molecule has 1 atom stereocenters. The van der Waals surface area contributed by atoms with Crippen LogP contribution in [0.25, 0.3) is 0 Å². The first-order valence-electron chi connectivity index (χ1n) is 5.18. The van der Waals surface area contributed by atoms with Crippen LogP contribution in [0.15, 0.2) is 18.2 Å². The van der Waals surface area contributed by atoms with E-state index in [9.17, 15) is 8.78 Å². The van der Waals surface area contributed by atoms with Crippen molar-refractivity contribution in [3.8, 4) is 0 Å². The molecule has 1 saturated heterocycles. The van der Waals surface area contributed by atoms with Crippen LogP contribution in [0, 0.1) is 11.6 Å². The summed E-state index contributed by atoms with van der Waals surface area (Å²) in [6.45, 7) is 1.65. The van der Waals surface area contributed by atoms with Crippen LogP contribution < -0.4 is 10.6 Å². The van der Waals surface area contributed by atoms with Gasteiger partial charge in [-0.3, -0.25) is 0 Å². The molecule has 4 heteroatoms. The number of rotatable bonds is 3. The molecule has 2 N–H and O–H groups in total. The van der Waals surface area contributed by atoms with E-state index in [1.165, 1.54) is 6.07 Å². The minimum absolute atomic E-state index is 0.240. The lowest BCUT2D eigenvalue weighted by Crippen LogP contribution is -2.29. The van der Waals surface area contributed by atoms with E-state index in [-0.39, 0.29) is 5.69 Å². The highest BCUT2D eigenvalue weighted by Gasteiger charge is 2.14. The molecule has 0 bridgehead atoms. The normalized spacial score (nSPS) is 20.5. The standard InChI is InChI=1S/C11H14F2N2/c12-9-4-1-5-10(11(9)13)15-7-8-3-2-6-14-8/h1,4-5,8,14-15H,2-3,6-7H2. The Hall–Kier alpha value is -1.16. The molecule has 1 aliphatic heterocycles. The van der Waals surface area contributed by atoms with Crippen LogP contribution in [-0.4, -0.2) is 19.1 Å². The Kier molecular flexibility index (Phi) is 3.16. The number of hydrogen-bond donors (Lipinski definition) is 2. The van der Waals surface area contributed by atoms with Gasteiger partial charge in [-0.05, 0) is 31.5 Å². The smallest absolute Gasteiger partial charge is 0.181 e. The third-order valence-corrected chi connectivity index (χ3v) is 2.65. The maximum atomic E-state index is 13.2. The van der Waals surface area contributed by atoms with Crippen molar-refractivity contribution >= 4 is 5.69 Å². The zero-order valence-corrected chi connectivity index (χ0v) is 8.39. The van der Waals surface area contributed by atoms with Gasteiger partial charge in [0.05, 0.1) is 5.69 Å². The fraction of sp³-hybridized carbons (Fsp3) is 0.455. The quantitative estimate of drug-likeness (QED) is 0.802. The summed E-state index contributed by atoms with van der Waals surface area (Å²) >= 11 is 0. The van der Waals surface area contributed by atoms with Gasteiger partial charge < -0.3 is 10.6 Å². The molecule has 1 unspecified atom stereocenters. The summed E-state index contributed by atoms with van der Waals surface area (Å²) in [4.78, 5) is 0.